The number of amides is 1. The van der Waals surface area contributed by atoms with E-state index in [2.05, 4.69) is 5.16 Å². The summed E-state index contributed by atoms with van der Waals surface area (Å²) in [6.45, 7) is 2.89. The molecule has 1 atom stereocenters. The second-order valence-electron chi connectivity index (χ2n) is 4.90. The highest BCUT2D eigenvalue weighted by molar-refractivity contribution is 5.98. The number of oxime groups is 1. The minimum absolute atomic E-state index is 0.0388. The van der Waals surface area contributed by atoms with Gasteiger partial charge in [0, 0.05) is 31.5 Å². The second-order valence-corrected chi connectivity index (χ2v) is 4.90. The van der Waals surface area contributed by atoms with Gasteiger partial charge >= 0.3 is 0 Å². The van der Waals surface area contributed by atoms with Crippen LogP contribution in [-0.2, 0) is 0 Å². The Kier molecular flexibility index (Phi) is 4.12. The predicted molar refractivity (Wildman–Crippen MR) is 73.3 cm³/mol. The van der Waals surface area contributed by atoms with E-state index < -0.39 is 0 Å². The van der Waals surface area contributed by atoms with Crippen LogP contribution in [0.2, 0.25) is 0 Å². The zero-order chi connectivity index (χ0) is 14.7. The van der Waals surface area contributed by atoms with E-state index in [1.165, 1.54) is 12.1 Å². The number of carbonyl (C=O) groups is 1. The smallest absolute Gasteiger partial charge is 0.257 e. The van der Waals surface area contributed by atoms with Crippen molar-refractivity contribution in [2.45, 2.75) is 19.8 Å². The lowest BCUT2D eigenvalue weighted by atomic mass is 9.93. The average Bonchev–Trinajstić information content (AvgIpc) is 2.45. The lowest BCUT2D eigenvalue weighted by Crippen LogP contribution is -2.44. The number of hydrogen-bond acceptors (Lipinski definition) is 5. The molecule has 0 aliphatic carbocycles. The highest BCUT2D eigenvalue weighted by atomic mass is 16.4. The molecule has 6 nitrogen and oxygen atoms in total. The van der Waals surface area contributed by atoms with E-state index in [0.717, 1.165) is 12.5 Å². The molecule has 0 aromatic heterocycles. The van der Waals surface area contributed by atoms with Crippen LogP contribution in [0, 0.1) is 5.92 Å². The zero-order valence-electron chi connectivity index (χ0n) is 11.3. The second kappa shape index (κ2) is 5.81. The standard InChI is InChI=1S/C14H18N2O4/c1-2-9-8-16(6-5-12(9)15-20)14(19)11-4-3-10(17)7-13(11)18/h3-4,7,9,17-18,20H,2,5-6,8H2,1H3/b15-12+. The van der Waals surface area contributed by atoms with Crippen molar-refractivity contribution < 1.29 is 20.2 Å². The first-order valence-corrected chi connectivity index (χ1v) is 6.58. The van der Waals surface area contributed by atoms with Crippen LogP contribution in [0.1, 0.15) is 30.1 Å². The van der Waals surface area contributed by atoms with Gasteiger partial charge in [0.05, 0.1) is 11.3 Å². The molecule has 0 spiro atoms. The summed E-state index contributed by atoms with van der Waals surface area (Å²) in [5.74, 6) is -0.557. The maximum atomic E-state index is 12.4. The molecule has 1 unspecified atom stereocenters. The largest absolute Gasteiger partial charge is 0.508 e. The van der Waals surface area contributed by atoms with E-state index in [4.69, 9.17) is 5.21 Å². The number of likely N-dealkylation sites (tertiary alicyclic amines) is 1. The fourth-order valence-corrected chi connectivity index (χ4v) is 2.47. The molecular formula is C14H18N2O4. The van der Waals surface area contributed by atoms with Gasteiger partial charge in [-0.25, -0.2) is 0 Å². The summed E-state index contributed by atoms with van der Waals surface area (Å²) in [6, 6.07) is 3.92. The normalized spacial score (nSPS) is 21.1. The Morgan fingerprint density at radius 1 is 1.45 bits per heavy atom. The molecule has 1 saturated heterocycles. The molecule has 1 aliphatic rings. The predicted octanol–water partition coefficient (Wildman–Crippen LogP) is 1.80. The number of phenolic OH excluding ortho intramolecular Hbond substituents is 2. The molecule has 20 heavy (non-hydrogen) atoms. The Morgan fingerprint density at radius 2 is 2.20 bits per heavy atom. The van der Waals surface area contributed by atoms with Gasteiger partial charge in [0.1, 0.15) is 11.5 Å². The zero-order valence-corrected chi connectivity index (χ0v) is 11.3. The minimum atomic E-state index is -0.280. The van der Waals surface area contributed by atoms with E-state index >= 15 is 0 Å². The van der Waals surface area contributed by atoms with Crippen LogP contribution < -0.4 is 0 Å². The highest BCUT2D eigenvalue weighted by Gasteiger charge is 2.29. The number of hydrogen-bond donors (Lipinski definition) is 3. The maximum absolute atomic E-state index is 12.4. The Bertz CT molecular complexity index is 542. The molecular weight excluding hydrogens is 260 g/mol. The van der Waals surface area contributed by atoms with Crippen LogP contribution >= 0.6 is 0 Å². The first kappa shape index (κ1) is 14.2. The van der Waals surface area contributed by atoms with E-state index in [9.17, 15) is 15.0 Å². The molecule has 6 heteroatoms. The number of benzene rings is 1. The van der Waals surface area contributed by atoms with Crippen molar-refractivity contribution in [3.8, 4) is 11.5 Å². The van der Waals surface area contributed by atoms with Gasteiger partial charge in [0.2, 0.25) is 0 Å². The third kappa shape index (κ3) is 2.68. The molecule has 108 valence electrons. The number of phenols is 2. The van der Waals surface area contributed by atoms with Crippen LogP contribution in [0.4, 0.5) is 0 Å². The van der Waals surface area contributed by atoms with Crippen LogP contribution in [-0.4, -0.2) is 45.0 Å². The van der Waals surface area contributed by atoms with E-state index in [1.54, 1.807) is 4.90 Å². The number of nitrogens with zero attached hydrogens (tertiary/aromatic N) is 2. The molecule has 0 bridgehead atoms. The summed E-state index contributed by atoms with van der Waals surface area (Å²) >= 11 is 0. The molecule has 0 radical (unpaired) electrons. The third-order valence-electron chi connectivity index (χ3n) is 3.67. The maximum Gasteiger partial charge on any atom is 0.257 e. The fraction of sp³-hybridized carbons (Fsp3) is 0.429. The van der Waals surface area contributed by atoms with Crippen molar-refractivity contribution in [1.82, 2.24) is 4.90 Å². The molecule has 1 fully saturated rings. The van der Waals surface area contributed by atoms with E-state index in [0.29, 0.717) is 25.2 Å². The van der Waals surface area contributed by atoms with Crippen LogP contribution in [0.25, 0.3) is 0 Å². The molecule has 1 aliphatic heterocycles. The van der Waals surface area contributed by atoms with E-state index in [1.807, 2.05) is 6.92 Å². The number of carbonyl (C=O) groups excluding carboxylic acids is 1. The van der Waals surface area contributed by atoms with Gasteiger partial charge in [-0.2, -0.15) is 0 Å². The van der Waals surface area contributed by atoms with Gasteiger partial charge in [-0.15, -0.1) is 0 Å². The van der Waals surface area contributed by atoms with Gasteiger partial charge in [-0.3, -0.25) is 4.79 Å². The number of aromatic hydroxyl groups is 2. The molecule has 1 aromatic carbocycles. The number of rotatable bonds is 2. The van der Waals surface area contributed by atoms with Gasteiger partial charge in [-0.1, -0.05) is 12.1 Å². The summed E-state index contributed by atoms with van der Waals surface area (Å²) < 4.78 is 0. The van der Waals surface area contributed by atoms with Crippen LogP contribution in [0.3, 0.4) is 0 Å². The molecule has 3 N–H and O–H groups in total. The topological polar surface area (TPSA) is 93.4 Å². The van der Waals surface area contributed by atoms with Crippen molar-refractivity contribution in [2.24, 2.45) is 11.1 Å². The minimum Gasteiger partial charge on any atom is -0.508 e. The van der Waals surface area contributed by atoms with Crippen molar-refractivity contribution in [2.75, 3.05) is 13.1 Å². The Labute approximate surface area is 116 Å². The quantitative estimate of drug-likeness (QED) is 0.568. The van der Waals surface area contributed by atoms with Gasteiger partial charge in [0.25, 0.3) is 5.91 Å². The first-order valence-electron chi connectivity index (χ1n) is 6.58. The summed E-state index contributed by atoms with van der Waals surface area (Å²) in [6.07, 6.45) is 1.31. The van der Waals surface area contributed by atoms with Gasteiger partial charge in [-0.05, 0) is 18.6 Å². The third-order valence-corrected chi connectivity index (χ3v) is 3.67. The summed E-state index contributed by atoms with van der Waals surface area (Å²) in [7, 11) is 0. The SMILES string of the molecule is CCC1CN(C(=O)c2ccc(O)cc2O)CC/C1=N\O. The van der Waals surface area contributed by atoms with Crippen LogP contribution in [0.5, 0.6) is 11.5 Å². The van der Waals surface area contributed by atoms with Crippen LogP contribution in [0.15, 0.2) is 23.4 Å². The lowest BCUT2D eigenvalue weighted by molar-refractivity contribution is 0.0726. The van der Waals surface area contributed by atoms with Crippen molar-refractivity contribution in [3.63, 3.8) is 0 Å². The fourth-order valence-electron chi connectivity index (χ4n) is 2.47. The Hall–Kier alpha value is -2.24. The van der Waals surface area contributed by atoms with Crippen molar-refractivity contribution >= 4 is 11.6 Å². The highest BCUT2D eigenvalue weighted by Crippen LogP contribution is 2.26. The molecule has 2 rings (SSSR count). The monoisotopic (exact) mass is 278 g/mol. The average molecular weight is 278 g/mol. The molecule has 0 saturated carbocycles. The number of piperidine rings is 1. The Balaban J connectivity index is 2.18. The lowest BCUT2D eigenvalue weighted by Gasteiger charge is -2.33. The first-order chi connectivity index (χ1) is 9.56. The molecule has 1 aromatic rings. The van der Waals surface area contributed by atoms with E-state index in [-0.39, 0.29) is 28.9 Å². The molecule has 1 amide bonds. The van der Waals surface area contributed by atoms with Gasteiger partial charge < -0.3 is 20.3 Å². The Morgan fingerprint density at radius 3 is 2.80 bits per heavy atom. The summed E-state index contributed by atoms with van der Waals surface area (Å²) in [5, 5.41) is 31.2. The summed E-state index contributed by atoms with van der Waals surface area (Å²) in [4.78, 5) is 14.0. The van der Waals surface area contributed by atoms with Gasteiger partial charge in [0.15, 0.2) is 0 Å². The summed E-state index contributed by atoms with van der Waals surface area (Å²) in [5.41, 5.74) is 0.883. The molecule has 1 heterocycles. The van der Waals surface area contributed by atoms with Crippen molar-refractivity contribution in [3.05, 3.63) is 23.8 Å². The van der Waals surface area contributed by atoms with Crippen molar-refractivity contribution in [1.29, 1.82) is 0 Å².